The zero-order valence-electron chi connectivity index (χ0n) is 15.9. The van der Waals surface area contributed by atoms with Crippen LogP contribution in [0.5, 0.6) is 0 Å². The topological polar surface area (TPSA) is 89.7 Å². The largest absolute Gasteiger partial charge is 0.457 e. The summed E-state index contributed by atoms with van der Waals surface area (Å²) < 4.78 is 37.9. The average molecular weight is 427 g/mol. The Morgan fingerprint density at radius 1 is 1.21 bits per heavy atom. The predicted octanol–water partition coefficient (Wildman–Crippen LogP) is 3.87. The Hall–Kier alpha value is -1.90. The van der Waals surface area contributed by atoms with E-state index in [9.17, 15) is 13.2 Å². The molecule has 0 amide bonds. The van der Waals surface area contributed by atoms with Crippen LogP contribution in [0.4, 0.5) is 0 Å². The van der Waals surface area contributed by atoms with E-state index in [0.717, 1.165) is 25.7 Å². The summed E-state index contributed by atoms with van der Waals surface area (Å²) in [6, 6.07) is 4.16. The first kappa shape index (κ1) is 20.8. The fourth-order valence-corrected chi connectivity index (χ4v) is 5.20. The highest BCUT2D eigenvalue weighted by atomic mass is 35.5. The average Bonchev–Trinajstić information content (AvgIpc) is 2.87. The maximum absolute atomic E-state index is 13.0. The highest BCUT2D eigenvalue weighted by Gasteiger charge is 2.28. The van der Waals surface area contributed by atoms with Crippen molar-refractivity contribution in [3.8, 4) is 0 Å². The van der Waals surface area contributed by atoms with E-state index < -0.39 is 16.0 Å². The molecule has 7 nitrogen and oxygen atoms in total. The molecule has 1 aliphatic heterocycles. The maximum Gasteiger partial charge on any atom is 0.338 e. The number of carbonyl (C=O) groups is 1. The Balaban J connectivity index is 1.81. The second-order valence-electron chi connectivity index (χ2n) is 6.84. The van der Waals surface area contributed by atoms with Gasteiger partial charge in [-0.05, 0) is 44.9 Å². The lowest BCUT2D eigenvalue weighted by molar-refractivity contribution is 0.0470. The molecule has 152 valence electrons. The molecule has 0 bridgehead atoms. The molecule has 1 aromatic heterocycles. The Morgan fingerprint density at radius 3 is 2.50 bits per heavy atom. The second-order valence-corrected chi connectivity index (χ2v) is 9.16. The van der Waals surface area contributed by atoms with E-state index >= 15 is 0 Å². The number of ether oxygens (including phenoxy) is 1. The Bertz CT molecular complexity index is 943. The van der Waals surface area contributed by atoms with Gasteiger partial charge in [-0.15, -0.1) is 0 Å². The van der Waals surface area contributed by atoms with Crippen LogP contribution < -0.4 is 0 Å². The van der Waals surface area contributed by atoms with Gasteiger partial charge in [0, 0.05) is 13.1 Å². The third-order valence-electron chi connectivity index (χ3n) is 4.88. The Kier molecular flexibility index (Phi) is 6.42. The van der Waals surface area contributed by atoms with Gasteiger partial charge in [-0.25, -0.2) is 13.2 Å². The van der Waals surface area contributed by atoms with Crippen molar-refractivity contribution in [2.75, 3.05) is 13.1 Å². The van der Waals surface area contributed by atoms with Gasteiger partial charge in [0.15, 0.2) is 0 Å². The highest BCUT2D eigenvalue weighted by molar-refractivity contribution is 7.89. The molecule has 0 spiro atoms. The van der Waals surface area contributed by atoms with Crippen LogP contribution in [0, 0.1) is 13.8 Å². The summed E-state index contributed by atoms with van der Waals surface area (Å²) in [5, 5.41) is 3.91. The summed E-state index contributed by atoms with van der Waals surface area (Å²) in [6.07, 6.45) is 3.65. The van der Waals surface area contributed by atoms with Crippen LogP contribution in [0.25, 0.3) is 0 Å². The molecule has 28 heavy (non-hydrogen) atoms. The quantitative estimate of drug-likeness (QED) is 0.674. The molecule has 9 heteroatoms. The number of halogens is 1. The molecule has 1 fully saturated rings. The maximum atomic E-state index is 13.0. The van der Waals surface area contributed by atoms with Gasteiger partial charge < -0.3 is 9.26 Å². The number of aryl methyl sites for hydroxylation is 2. The first-order valence-electron chi connectivity index (χ1n) is 9.19. The van der Waals surface area contributed by atoms with Crippen LogP contribution >= 0.6 is 11.6 Å². The number of carbonyl (C=O) groups excluding carboxylic acids is 1. The number of benzene rings is 1. The predicted molar refractivity (Wildman–Crippen MR) is 104 cm³/mol. The van der Waals surface area contributed by atoms with E-state index in [-0.39, 0.29) is 22.1 Å². The van der Waals surface area contributed by atoms with Gasteiger partial charge in [-0.1, -0.05) is 29.6 Å². The molecule has 0 saturated carbocycles. The second kappa shape index (κ2) is 8.63. The molecule has 2 heterocycles. The van der Waals surface area contributed by atoms with Crippen molar-refractivity contribution in [3.05, 3.63) is 45.8 Å². The van der Waals surface area contributed by atoms with Crippen molar-refractivity contribution in [2.45, 2.75) is 51.0 Å². The standard InChI is InChI=1S/C19H23ClN2O5S/c1-13-16(14(2)27-21-13)12-26-19(23)15-7-8-17(20)18(11-15)28(24,25)22-9-5-3-4-6-10-22/h7-8,11H,3-6,9-10,12H2,1-2H3. The summed E-state index contributed by atoms with van der Waals surface area (Å²) in [5.74, 6) is -0.0604. The minimum atomic E-state index is -3.78. The van der Waals surface area contributed by atoms with Crippen molar-refractivity contribution >= 4 is 27.6 Å². The van der Waals surface area contributed by atoms with Gasteiger partial charge in [0.2, 0.25) is 10.0 Å². The monoisotopic (exact) mass is 426 g/mol. The van der Waals surface area contributed by atoms with Crippen molar-refractivity contribution in [1.82, 2.24) is 9.46 Å². The smallest absolute Gasteiger partial charge is 0.338 e. The van der Waals surface area contributed by atoms with Crippen molar-refractivity contribution < 1.29 is 22.5 Å². The molecule has 0 radical (unpaired) electrons. The Morgan fingerprint density at radius 2 is 1.89 bits per heavy atom. The van der Waals surface area contributed by atoms with E-state index in [1.807, 2.05) is 0 Å². The third kappa shape index (κ3) is 4.39. The number of rotatable bonds is 5. The van der Waals surface area contributed by atoms with Crippen LogP contribution in [0.2, 0.25) is 5.02 Å². The molecule has 0 atom stereocenters. The number of esters is 1. The lowest BCUT2D eigenvalue weighted by atomic mass is 10.2. The minimum absolute atomic E-state index is 0.00314. The first-order valence-corrected chi connectivity index (χ1v) is 11.0. The lowest BCUT2D eigenvalue weighted by Crippen LogP contribution is -2.32. The lowest BCUT2D eigenvalue weighted by Gasteiger charge is -2.21. The number of hydrogen-bond acceptors (Lipinski definition) is 6. The summed E-state index contributed by atoms with van der Waals surface area (Å²) in [4.78, 5) is 12.4. The van der Waals surface area contributed by atoms with E-state index in [0.29, 0.717) is 30.1 Å². The number of nitrogens with zero attached hydrogens (tertiary/aromatic N) is 2. The zero-order chi connectivity index (χ0) is 20.3. The van der Waals surface area contributed by atoms with Gasteiger partial charge in [0.25, 0.3) is 0 Å². The highest BCUT2D eigenvalue weighted by Crippen LogP contribution is 2.28. The summed E-state index contributed by atoms with van der Waals surface area (Å²) in [5.41, 5.74) is 1.47. The summed E-state index contributed by atoms with van der Waals surface area (Å²) >= 11 is 6.17. The number of aromatic nitrogens is 1. The molecule has 1 aliphatic rings. The molecular formula is C19H23ClN2O5S. The molecular weight excluding hydrogens is 404 g/mol. The van der Waals surface area contributed by atoms with Crippen LogP contribution in [0.3, 0.4) is 0 Å². The Labute approximate surface area is 169 Å². The van der Waals surface area contributed by atoms with Crippen molar-refractivity contribution in [2.24, 2.45) is 0 Å². The van der Waals surface area contributed by atoms with E-state index in [1.165, 1.54) is 22.5 Å². The summed E-state index contributed by atoms with van der Waals surface area (Å²) in [6.45, 7) is 4.40. The van der Waals surface area contributed by atoms with E-state index in [1.54, 1.807) is 13.8 Å². The van der Waals surface area contributed by atoms with Gasteiger partial charge in [0.1, 0.15) is 17.3 Å². The normalized spacial score (nSPS) is 16.0. The number of hydrogen-bond donors (Lipinski definition) is 0. The first-order chi connectivity index (χ1) is 13.3. The van der Waals surface area contributed by atoms with Crippen LogP contribution in [0.15, 0.2) is 27.6 Å². The van der Waals surface area contributed by atoms with Gasteiger partial charge in [0.05, 0.1) is 21.8 Å². The molecule has 2 aromatic rings. The van der Waals surface area contributed by atoms with E-state index in [4.69, 9.17) is 20.9 Å². The molecule has 1 aromatic carbocycles. The molecule has 3 rings (SSSR count). The fraction of sp³-hybridized carbons (Fsp3) is 0.474. The van der Waals surface area contributed by atoms with Crippen LogP contribution in [0.1, 0.15) is 53.1 Å². The van der Waals surface area contributed by atoms with Crippen molar-refractivity contribution in [1.29, 1.82) is 0 Å². The van der Waals surface area contributed by atoms with Gasteiger partial charge >= 0.3 is 5.97 Å². The van der Waals surface area contributed by atoms with E-state index in [2.05, 4.69) is 5.16 Å². The van der Waals surface area contributed by atoms with Crippen LogP contribution in [-0.2, 0) is 21.4 Å². The molecule has 0 aliphatic carbocycles. The van der Waals surface area contributed by atoms with Gasteiger partial charge in [-0.2, -0.15) is 4.31 Å². The van der Waals surface area contributed by atoms with Crippen LogP contribution in [-0.4, -0.2) is 36.9 Å². The SMILES string of the molecule is Cc1noc(C)c1COC(=O)c1ccc(Cl)c(S(=O)(=O)N2CCCCCC2)c1. The van der Waals surface area contributed by atoms with Crippen molar-refractivity contribution in [3.63, 3.8) is 0 Å². The minimum Gasteiger partial charge on any atom is -0.457 e. The third-order valence-corrected chi connectivity index (χ3v) is 7.26. The molecule has 1 saturated heterocycles. The zero-order valence-corrected chi connectivity index (χ0v) is 17.5. The molecule has 0 unspecified atom stereocenters. The summed E-state index contributed by atoms with van der Waals surface area (Å²) in [7, 11) is -3.78. The number of sulfonamides is 1. The molecule has 0 N–H and O–H groups in total. The van der Waals surface area contributed by atoms with Gasteiger partial charge in [-0.3, -0.25) is 0 Å². The fourth-order valence-electron chi connectivity index (χ4n) is 3.18.